The van der Waals surface area contributed by atoms with Crippen molar-refractivity contribution in [1.82, 2.24) is 9.13 Å². The Kier molecular flexibility index (Phi) is 7.46. The lowest BCUT2D eigenvalue weighted by molar-refractivity contribution is 1.17. The largest absolute Gasteiger partial charge is 0.309 e. The summed E-state index contributed by atoms with van der Waals surface area (Å²) in [5.74, 6) is 0. The van der Waals surface area contributed by atoms with E-state index in [-0.39, 0.29) is 0 Å². The predicted octanol–water partition coefficient (Wildman–Crippen LogP) is 11.6. The summed E-state index contributed by atoms with van der Waals surface area (Å²) in [6.45, 7) is 0. The van der Waals surface area contributed by atoms with Crippen LogP contribution in [0.3, 0.4) is 0 Å². The van der Waals surface area contributed by atoms with Crippen molar-refractivity contribution in [1.29, 1.82) is 0 Å². The Morgan fingerprint density at radius 3 is 1.28 bits per heavy atom. The monoisotopic (exact) mass is 772 g/mol. The van der Waals surface area contributed by atoms with Gasteiger partial charge in [0.1, 0.15) is 0 Å². The van der Waals surface area contributed by atoms with Gasteiger partial charge >= 0.3 is 0 Å². The van der Waals surface area contributed by atoms with Gasteiger partial charge in [0.15, 0.2) is 8.07 Å². The van der Waals surface area contributed by atoms with Gasteiger partial charge in [0.25, 0.3) is 0 Å². The molecule has 0 bridgehead atoms. The van der Waals surface area contributed by atoms with Crippen LogP contribution in [0.1, 0.15) is 0 Å². The summed E-state index contributed by atoms with van der Waals surface area (Å²) >= 11 is 1.87. The molecule has 272 valence electrons. The molecule has 12 rings (SSSR count). The van der Waals surface area contributed by atoms with Gasteiger partial charge in [0, 0.05) is 53.1 Å². The van der Waals surface area contributed by atoms with Crippen molar-refractivity contribution in [3.63, 3.8) is 0 Å². The minimum Gasteiger partial charge on any atom is -0.309 e. The smallest absolute Gasteiger partial charge is 0.179 e. The summed E-state index contributed by atoms with van der Waals surface area (Å²) in [6, 6.07) is 81.5. The first-order chi connectivity index (χ1) is 28.8. The van der Waals surface area contributed by atoms with Gasteiger partial charge in [-0.25, -0.2) is 0 Å². The Morgan fingerprint density at radius 2 is 0.690 bits per heavy atom. The summed E-state index contributed by atoms with van der Waals surface area (Å²) in [5.41, 5.74) is 7.17. The van der Waals surface area contributed by atoms with E-state index in [1.54, 1.807) is 0 Å². The average molecular weight is 773 g/mol. The molecular formula is C54H36N2SSi. The maximum Gasteiger partial charge on any atom is 0.179 e. The molecule has 0 radical (unpaired) electrons. The Balaban J connectivity index is 1.09. The van der Waals surface area contributed by atoms with Crippen LogP contribution in [0.5, 0.6) is 0 Å². The number of para-hydroxylation sites is 2. The van der Waals surface area contributed by atoms with E-state index in [4.69, 9.17) is 0 Å². The molecule has 0 atom stereocenters. The predicted molar refractivity (Wildman–Crippen MR) is 252 cm³/mol. The molecule has 0 aliphatic carbocycles. The number of fused-ring (bicyclic) bond motifs is 9. The summed E-state index contributed by atoms with van der Waals surface area (Å²) in [7, 11) is -2.71. The van der Waals surface area contributed by atoms with E-state index in [0.29, 0.717) is 0 Å². The van der Waals surface area contributed by atoms with E-state index in [2.05, 4.69) is 228 Å². The van der Waals surface area contributed by atoms with Gasteiger partial charge < -0.3 is 9.13 Å². The molecule has 0 spiro atoms. The maximum absolute atomic E-state index is 2.71. The second-order valence-corrected chi connectivity index (χ2v) is 20.2. The summed E-state index contributed by atoms with van der Waals surface area (Å²) in [5, 5.41) is 13.2. The normalized spacial score (nSPS) is 12.1. The van der Waals surface area contributed by atoms with Crippen LogP contribution in [0.15, 0.2) is 218 Å². The lowest BCUT2D eigenvalue weighted by Crippen LogP contribution is -2.74. The SMILES string of the molecule is c1ccc([Si](c2ccccc2)(c2ccccc2)c2ccc3c(c2)c2ccccc2n3-c2ccc3c(c2)c2ccccc2n3-c2ccc3sc4ccccc4c3c2)cc1. The van der Waals surface area contributed by atoms with Gasteiger partial charge in [-0.3, -0.25) is 0 Å². The Morgan fingerprint density at radius 1 is 0.276 bits per heavy atom. The molecule has 2 nitrogen and oxygen atoms in total. The lowest BCUT2D eigenvalue weighted by atomic mass is 10.1. The number of rotatable bonds is 6. The van der Waals surface area contributed by atoms with Crippen LogP contribution in [-0.4, -0.2) is 17.2 Å². The van der Waals surface area contributed by atoms with Crippen LogP contribution in [0.2, 0.25) is 0 Å². The Bertz CT molecular complexity index is 3410. The quantitative estimate of drug-likeness (QED) is 0.118. The fourth-order valence-corrected chi connectivity index (χ4v) is 15.6. The van der Waals surface area contributed by atoms with Crippen LogP contribution >= 0.6 is 11.3 Å². The van der Waals surface area contributed by atoms with Gasteiger partial charge in [0.2, 0.25) is 0 Å². The minimum absolute atomic E-state index is 1.16. The second kappa shape index (κ2) is 13.0. The van der Waals surface area contributed by atoms with Crippen molar-refractivity contribution in [2.24, 2.45) is 0 Å². The molecule has 3 heterocycles. The highest BCUT2D eigenvalue weighted by atomic mass is 32.1. The average Bonchev–Trinajstić information content (AvgIpc) is 3.95. The molecule has 0 saturated carbocycles. The number of aromatic nitrogens is 2. The number of nitrogens with zero attached hydrogens (tertiary/aromatic N) is 2. The number of hydrogen-bond donors (Lipinski definition) is 0. The number of hydrogen-bond acceptors (Lipinski definition) is 1. The van der Waals surface area contributed by atoms with E-state index in [9.17, 15) is 0 Å². The van der Waals surface area contributed by atoms with Gasteiger partial charge in [-0.15, -0.1) is 11.3 Å². The van der Waals surface area contributed by atoms with Crippen molar-refractivity contribution in [3.8, 4) is 11.4 Å². The third-order valence-corrected chi connectivity index (χ3v) is 18.2. The third-order valence-electron chi connectivity index (χ3n) is 12.3. The maximum atomic E-state index is 2.52. The Hall–Kier alpha value is -6.98. The molecule has 12 aromatic rings. The number of benzene rings is 9. The molecule has 0 N–H and O–H groups in total. The van der Waals surface area contributed by atoms with Crippen molar-refractivity contribution in [2.45, 2.75) is 0 Å². The highest BCUT2D eigenvalue weighted by Gasteiger charge is 2.41. The van der Waals surface area contributed by atoms with Crippen molar-refractivity contribution in [2.75, 3.05) is 0 Å². The van der Waals surface area contributed by atoms with Crippen molar-refractivity contribution < 1.29 is 0 Å². The molecule has 0 saturated heterocycles. The van der Waals surface area contributed by atoms with Crippen LogP contribution in [-0.2, 0) is 0 Å². The highest BCUT2D eigenvalue weighted by molar-refractivity contribution is 7.25. The van der Waals surface area contributed by atoms with E-state index in [0.717, 1.165) is 5.69 Å². The van der Waals surface area contributed by atoms with Crippen LogP contribution in [0.25, 0.3) is 75.2 Å². The van der Waals surface area contributed by atoms with E-state index >= 15 is 0 Å². The molecule has 4 heteroatoms. The van der Waals surface area contributed by atoms with Crippen molar-refractivity contribution >= 4 is 104 Å². The second-order valence-electron chi connectivity index (χ2n) is 15.3. The summed E-state index contributed by atoms with van der Waals surface area (Å²) in [6.07, 6.45) is 0. The zero-order valence-electron chi connectivity index (χ0n) is 31.6. The fraction of sp³-hybridized carbons (Fsp3) is 0. The first-order valence-electron chi connectivity index (χ1n) is 19.9. The molecule has 0 fully saturated rings. The molecular weight excluding hydrogens is 737 g/mol. The van der Waals surface area contributed by atoms with Gasteiger partial charge in [0.05, 0.1) is 22.1 Å². The fourth-order valence-electron chi connectivity index (χ4n) is 9.78. The van der Waals surface area contributed by atoms with Crippen LogP contribution in [0.4, 0.5) is 0 Å². The summed E-state index contributed by atoms with van der Waals surface area (Å²) < 4.78 is 7.56. The molecule has 9 aromatic carbocycles. The molecule has 58 heavy (non-hydrogen) atoms. The molecule has 0 amide bonds. The lowest BCUT2D eigenvalue weighted by Gasteiger charge is -2.34. The molecule has 0 unspecified atom stereocenters. The van der Waals surface area contributed by atoms with E-state index in [1.165, 1.54) is 90.2 Å². The Labute approximate surface area is 341 Å². The third kappa shape index (κ3) is 4.83. The number of thiophene rings is 1. The van der Waals surface area contributed by atoms with Crippen molar-refractivity contribution in [3.05, 3.63) is 218 Å². The zero-order chi connectivity index (χ0) is 38.2. The standard InChI is InChI=1S/C54H36N2SSi/c1-4-16-39(17-5-1)58(40-18-6-2-7-19-40,41-20-8-3-9-21-41)42-30-32-52-47(36-42)44-23-11-14-26-50(44)55(52)37-28-31-51-46(34-37)43-22-10-13-25-49(43)56(51)38-29-33-54-48(35-38)45-24-12-15-27-53(45)57-54/h1-36H. The van der Waals surface area contributed by atoms with Gasteiger partial charge in [-0.2, -0.15) is 0 Å². The van der Waals surface area contributed by atoms with E-state index in [1.807, 2.05) is 11.3 Å². The molecule has 0 aliphatic rings. The minimum atomic E-state index is -2.71. The molecule has 3 aromatic heterocycles. The van der Waals surface area contributed by atoms with Gasteiger partial charge in [-0.1, -0.05) is 158 Å². The topological polar surface area (TPSA) is 9.86 Å². The van der Waals surface area contributed by atoms with E-state index < -0.39 is 8.07 Å². The van der Waals surface area contributed by atoms with Crippen LogP contribution in [0, 0.1) is 0 Å². The first kappa shape index (κ1) is 33.2. The summed E-state index contributed by atoms with van der Waals surface area (Å²) in [4.78, 5) is 0. The first-order valence-corrected chi connectivity index (χ1v) is 22.7. The highest BCUT2D eigenvalue weighted by Crippen LogP contribution is 2.39. The van der Waals surface area contributed by atoms with Crippen LogP contribution < -0.4 is 20.7 Å². The zero-order valence-corrected chi connectivity index (χ0v) is 33.4. The van der Waals surface area contributed by atoms with Gasteiger partial charge in [-0.05, 0) is 81.4 Å². The molecule has 0 aliphatic heterocycles.